The Hall–Kier alpha value is -2.66. The van der Waals surface area contributed by atoms with E-state index in [1.165, 1.54) is 6.07 Å². The van der Waals surface area contributed by atoms with Gasteiger partial charge < -0.3 is 9.64 Å². The SMILES string of the molecule is O=C(NOC1CC1)c1cc(C2CC2)c(OCC2(F)CCN(c3cc(C(F)(F)F)c(Cl)cn3)CC2)cc1F. The molecule has 2 saturated carbocycles. The number of nitrogens with zero attached hydrogens (tertiary/aromatic N) is 2. The molecule has 1 aromatic heterocycles. The maximum absolute atomic E-state index is 15.6. The zero-order valence-electron chi connectivity index (χ0n) is 19.7. The Morgan fingerprint density at radius 1 is 1.16 bits per heavy atom. The number of anilines is 1. The smallest absolute Gasteiger partial charge is 0.418 e. The Labute approximate surface area is 215 Å². The Bertz CT molecular complexity index is 1180. The van der Waals surface area contributed by atoms with E-state index < -0.39 is 34.2 Å². The minimum Gasteiger partial charge on any atom is -0.490 e. The third kappa shape index (κ3) is 6.09. The number of halogens is 6. The summed E-state index contributed by atoms with van der Waals surface area (Å²) in [5, 5.41) is -0.501. The number of rotatable bonds is 8. The Morgan fingerprint density at radius 2 is 1.86 bits per heavy atom. The highest BCUT2D eigenvalue weighted by molar-refractivity contribution is 6.31. The second kappa shape index (κ2) is 9.90. The van der Waals surface area contributed by atoms with Gasteiger partial charge in [-0.25, -0.2) is 19.2 Å². The summed E-state index contributed by atoms with van der Waals surface area (Å²) in [6.07, 6.45) is -0.360. The van der Waals surface area contributed by atoms with E-state index in [0.717, 1.165) is 44.0 Å². The fourth-order valence-electron chi connectivity index (χ4n) is 4.27. The van der Waals surface area contributed by atoms with Gasteiger partial charge in [-0.3, -0.25) is 9.63 Å². The predicted molar refractivity (Wildman–Crippen MR) is 125 cm³/mol. The number of ether oxygens (including phenoxy) is 1. The molecule has 3 fully saturated rings. The molecule has 2 heterocycles. The maximum Gasteiger partial charge on any atom is 0.418 e. The molecule has 37 heavy (non-hydrogen) atoms. The van der Waals surface area contributed by atoms with Crippen LogP contribution in [0, 0.1) is 5.82 Å². The monoisotopic (exact) mass is 545 g/mol. The summed E-state index contributed by atoms with van der Waals surface area (Å²) in [5.41, 5.74) is -0.00473. The van der Waals surface area contributed by atoms with Crippen molar-refractivity contribution in [1.29, 1.82) is 0 Å². The molecule has 6 nitrogen and oxygen atoms in total. The second-order valence-corrected chi connectivity index (χ2v) is 10.2. The van der Waals surface area contributed by atoms with Crippen LogP contribution in [-0.2, 0) is 11.0 Å². The van der Waals surface area contributed by atoms with Crippen molar-refractivity contribution in [2.75, 3.05) is 24.6 Å². The van der Waals surface area contributed by atoms with Gasteiger partial charge in [0.2, 0.25) is 0 Å². The van der Waals surface area contributed by atoms with Gasteiger partial charge in [-0.15, -0.1) is 0 Å². The number of carbonyl (C=O) groups is 1. The van der Waals surface area contributed by atoms with Crippen LogP contribution in [0.15, 0.2) is 24.4 Å². The molecule has 2 aliphatic carbocycles. The molecule has 0 unspecified atom stereocenters. The number of hydrogen-bond donors (Lipinski definition) is 1. The molecule has 200 valence electrons. The number of hydrogen-bond acceptors (Lipinski definition) is 5. The molecule has 3 aliphatic rings. The molecule has 5 rings (SSSR count). The van der Waals surface area contributed by atoms with Crippen LogP contribution in [-0.4, -0.2) is 42.4 Å². The molecule has 0 spiro atoms. The first-order chi connectivity index (χ1) is 17.5. The van der Waals surface area contributed by atoms with Crippen molar-refractivity contribution >= 4 is 23.3 Å². The topological polar surface area (TPSA) is 63.7 Å². The van der Waals surface area contributed by atoms with Crippen molar-refractivity contribution in [2.45, 2.75) is 62.4 Å². The summed E-state index contributed by atoms with van der Waals surface area (Å²) >= 11 is 5.64. The molecule has 0 bridgehead atoms. The average molecular weight is 546 g/mol. The van der Waals surface area contributed by atoms with Crippen LogP contribution >= 0.6 is 11.6 Å². The van der Waals surface area contributed by atoms with Crippen molar-refractivity contribution in [2.24, 2.45) is 0 Å². The molecule has 1 aliphatic heterocycles. The van der Waals surface area contributed by atoms with E-state index in [2.05, 4.69) is 10.5 Å². The van der Waals surface area contributed by atoms with Crippen molar-refractivity contribution in [3.8, 4) is 5.75 Å². The first-order valence-corrected chi connectivity index (χ1v) is 12.5. The Kier molecular flexibility index (Phi) is 6.95. The van der Waals surface area contributed by atoms with E-state index in [0.29, 0.717) is 5.56 Å². The summed E-state index contributed by atoms with van der Waals surface area (Å²) in [4.78, 5) is 23.0. The summed E-state index contributed by atoms with van der Waals surface area (Å²) in [6, 6.07) is 3.41. The number of benzene rings is 1. The van der Waals surface area contributed by atoms with Crippen molar-refractivity contribution in [3.05, 3.63) is 51.9 Å². The van der Waals surface area contributed by atoms with Gasteiger partial charge in [0.05, 0.1) is 22.3 Å². The summed E-state index contributed by atoms with van der Waals surface area (Å²) in [6.45, 7) is -0.107. The molecular weight excluding hydrogens is 521 g/mol. The number of nitrogens with one attached hydrogen (secondary N) is 1. The zero-order chi connectivity index (χ0) is 26.4. The standard InChI is InChI=1S/C25H25ClF5N3O3/c26-19-12-32-22(10-18(19)25(29,30)31)34-7-5-24(28,6-8-34)13-36-21-11-20(27)17(9-16(21)14-1-2-14)23(35)33-37-15-3-4-15/h9-12,14-15H,1-8,13H2,(H,33,35). The minimum absolute atomic E-state index is 0.0150. The average Bonchev–Trinajstić information content (AvgIpc) is 3.76. The van der Waals surface area contributed by atoms with Crippen LogP contribution in [0.25, 0.3) is 0 Å². The summed E-state index contributed by atoms with van der Waals surface area (Å²) in [7, 11) is 0. The van der Waals surface area contributed by atoms with E-state index in [-0.39, 0.29) is 61.7 Å². The second-order valence-electron chi connectivity index (χ2n) is 9.84. The van der Waals surface area contributed by atoms with E-state index in [1.54, 1.807) is 4.90 Å². The third-order valence-electron chi connectivity index (χ3n) is 6.82. The van der Waals surface area contributed by atoms with Crippen LogP contribution in [0.1, 0.15) is 65.9 Å². The van der Waals surface area contributed by atoms with Crippen LogP contribution in [0.2, 0.25) is 5.02 Å². The van der Waals surface area contributed by atoms with Gasteiger partial charge in [-0.1, -0.05) is 11.6 Å². The van der Waals surface area contributed by atoms with Crippen molar-refractivity contribution < 1.29 is 36.3 Å². The Balaban J connectivity index is 1.23. The fourth-order valence-corrected chi connectivity index (χ4v) is 4.48. The predicted octanol–water partition coefficient (Wildman–Crippen LogP) is 5.98. The third-order valence-corrected chi connectivity index (χ3v) is 7.12. The van der Waals surface area contributed by atoms with Gasteiger partial charge in [-0.2, -0.15) is 13.2 Å². The number of pyridine rings is 1. The van der Waals surface area contributed by atoms with Gasteiger partial charge >= 0.3 is 6.18 Å². The molecule has 0 radical (unpaired) electrons. The zero-order valence-corrected chi connectivity index (χ0v) is 20.5. The van der Waals surface area contributed by atoms with Crippen LogP contribution in [0.5, 0.6) is 5.75 Å². The number of aromatic nitrogens is 1. The van der Waals surface area contributed by atoms with E-state index in [1.807, 2.05) is 0 Å². The van der Waals surface area contributed by atoms with Crippen LogP contribution in [0.3, 0.4) is 0 Å². The molecule has 1 aromatic carbocycles. The number of alkyl halides is 4. The lowest BCUT2D eigenvalue weighted by Gasteiger charge is -2.37. The molecule has 2 aromatic rings. The quantitative estimate of drug-likeness (QED) is 0.326. The first-order valence-electron chi connectivity index (χ1n) is 12.1. The van der Waals surface area contributed by atoms with Crippen molar-refractivity contribution in [1.82, 2.24) is 10.5 Å². The van der Waals surface area contributed by atoms with E-state index in [9.17, 15) is 22.4 Å². The highest BCUT2D eigenvalue weighted by Crippen LogP contribution is 2.45. The van der Waals surface area contributed by atoms with Crippen LogP contribution in [0.4, 0.5) is 27.8 Å². The van der Waals surface area contributed by atoms with E-state index in [4.69, 9.17) is 21.2 Å². The molecule has 12 heteroatoms. The van der Waals surface area contributed by atoms with E-state index >= 15 is 4.39 Å². The van der Waals surface area contributed by atoms with Gasteiger partial charge in [0.25, 0.3) is 5.91 Å². The van der Waals surface area contributed by atoms with Gasteiger partial charge in [-0.05, 0) is 49.3 Å². The summed E-state index contributed by atoms with van der Waals surface area (Å²) < 4.78 is 75.6. The molecule has 0 atom stereocenters. The molecule has 1 amide bonds. The fraction of sp³-hybridized carbons (Fsp3) is 0.520. The first kappa shape index (κ1) is 26.0. The van der Waals surface area contributed by atoms with Gasteiger partial charge in [0.15, 0.2) is 0 Å². The Morgan fingerprint density at radius 3 is 2.49 bits per heavy atom. The highest BCUT2D eigenvalue weighted by Gasteiger charge is 2.39. The lowest BCUT2D eigenvalue weighted by molar-refractivity contribution is -0.137. The minimum atomic E-state index is -4.63. The largest absolute Gasteiger partial charge is 0.490 e. The molecule has 1 N–H and O–H groups in total. The van der Waals surface area contributed by atoms with Gasteiger partial charge in [0, 0.05) is 38.2 Å². The lowest BCUT2D eigenvalue weighted by Crippen LogP contribution is -2.45. The van der Waals surface area contributed by atoms with Gasteiger partial charge in [0.1, 0.15) is 29.7 Å². The molecule has 1 saturated heterocycles. The number of hydroxylamine groups is 1. The normalized spacial score (nSPS) is 19.6. The highest BCUT2D eigenvalue weighted by atomic mass is 35.5. The number of piperidine rings is 1. The van der Waals surface area contributed by atoms with Crippen molar-refractivity contribution in [3.63, 3.8) is 0 Å². The number of amides is 1. The number of carbonyl (C=O) groups excluding carboxylic acids is 1. The maximum atomic E-state index is 15.6. The lowest BCUT2D eigenvalue weighted by atomic mass is 9.94. The summed E-state index contributed by atoms with van der Waals surface area (Å²) in [5.74, 6) is -1.13. The van der Waals surface area contributed by atoms with Crippen LogP contribution < -0.4 is 15.1 Å². The molecular formula is C25H25ClF5N3O3.